The molecule has 29 heavy (non-hydrogen) atoms. The van der Waals surface area contributed by atoms with E-state index in [0.29, 0.717) is 31.7 Å². The maximum atomic E-state index is 12.6. The van der Waals surface area contributed by atoms with Gasteiger partial charge in [0.2, 0.25) is 10.0 Å². The van der Waals surface area contributed by atoms with Gasteiger partial charge in [0, 0.05) is 25.2 Å². The van der Waals surface area contributed by atoms with Crippen molar-refractivity contribution in [2.45, 2.75) is 39.3 Å². The van der Waals surface area contributed by atoms with Gasteiger partial charge >= 0.3 is 6.09 Å². The minimum absolute atomic E-state index is 0.143. The number of nitrogens with zero attached hydrogens (tertiary/aromatic N) is 2. The van der Waals surface area contributed by atoms with Gasteiger partial charge in [0.05, 0.1) is 18.8 Å². The van der Waals surface area contributed by atoms with Gasteiger partial charge < -0.3 is 10.4 Å². The number of sulfonamides is 1. The first-order valence-electron chi connectivity index (χ1n) is 9.93. The number of amides is 2. The lowest BCUT2D eigenvalue weighted by Gasteiger charge is -2.30. The monoisotopic (exact) mass is 423 g/mol. The van der Waals surface area contributed by atoms with E-state index in [1.807, 2.05) is 19.9 Å². The van der Waals surface area contributed by atoms with Gasteiger partial charge in [-0.2, -0.15) is 0 Å². The summed E-state index contributed by atoms with van der Waals surface area (Å²) in [7, 11) is -3.15. The predicted octanol–water partition coefficient (Wildman–Crippen LogP) is 2.28. The average molecular weight is 424 g/mol. The predicted molar refractivity (Wildman–Crippen MR) is 109 cm³/mol. The highest BCUT2D eigenvalue weighted by molar-refractivity contribution is 7.88. The Hall–Kier alpha value is -2.13. The number of hydrogen-bond donors (Lipinski definition) is 2. The second-order valence-electron chi connectivity index (χ2n) is 8.33. The number of hydrogen-bond acceptors (Lipinski definition) is 4. The molecule has 2 amide bonds. The van der Waals surface area contributed by atoms with Crippen molar-refractivity contribution in [1.82, 2.24) is 14.5 Å². The maximum Gasteiger partial charge on any atom is 0.408 e. The van der Waals surface area contributed by atoms with Gasteiger partial charge in [0.25, 0.3) is 5.91 Å². The number of nitrogens with one attached hydrogen (secondary N) is 1. The van der Waals surface area contributed by atoms with E-state index in [0.717, 1.165) is 24.0 Å². The van der Waals surface area contributed by atoms with Crippen LogP contribution in [-0.4, -0.2) is 60.6 Å². The summed E-state index contributed by atoms with van der Waals surface area (Å²) in [5.41, 5.74) is 2.36. The lowest BCUT2D eigenvalue weighted by atomic mass is 9.94. The van der Waals surface area contributed by atoms with E-state index < -0.39 is 16.1 Å². The smallest absolute Gasteiger partial charge is 0.408 e. The Morgan fingerprint density at radius 1 is 1.24 bits per heavy atom. The fourth-order valence-electron chi connectivity index (χ4n) is 4.31. The molecule has 0 saturated carbocycles. The molecule has 1 aromatic rings. The average Bonchev–Trinajstić information content (AvgIpc) is 3.05. The van der Waals surface area contributed by atoms with Crippen LogP contribution in [0.15, 0.2) is 18.2 Å². The summed E-state index contributed by atoms with van der Waals surface area (Å²) in [5.74, 6) is 0.206. The van der Waals surface area contributed by atoms with E-state index >= 15 is 0 Å². The quantitative estimate of drug-likeness (QED) is 0.756. The topological polar surface area (TPSA) is 107 Å². The van der Waals surface area contributed by atoms with Crippen LogP contribution in [0.4, 0.5) is 4.79 Å². The molecule has 9 heteroatoms. The molecule has 1 aromatic carbocycles. The fraction of sp³-hybridized carbons (Fsp3) is 0.600. The van der Waals surface area contributed by atoms with Crippen molar-refractivity contribution >= 4 is 22.0 Å². The number of carboxylic acid groups (broad SMARTS) is 1. The van der Waals surface area contributed by atoms with Crippen LogP contribution in [0.2, 0.25) is 0 Å². The van der Waals surface area contributed by atoms with E-state index in [1.54, 1.807) is 12.1 Å². The Bertz CT molecular complexity index is 891. The SMILES string of the molecule is CC(C)[C@H]1c2ccc(C(=O)NCC3CCN(S(C)(=O)=O)CC3)cc2CN1C(=O)O. The molecule has 0 aliphatic carbocycles. The Kier molecular flexibility index (Phi) is 6.19. The molecule has 1 atom stereocenters. The molecule has 1 fully saturated rings. The molecular weight excluding hydrogens is 394 g/mol. The summed E-state index contributed by atoms with van der Waals surface area (Å²) in [6.07, 6.45) is 1.71. The zero-order valence-electron chi connectivity index (χ0n) is 17.1. The van der Waals surface area contributed by atoms with Crippen LogP contribution in [0.3, 0.4) is 0 Å². The molecular formula is C20H29N3O5S. The Morgan fingerprint density at radius 3 is 2.45 bits per heavy atom. The van der Waals surface area contributed by atoms with E-state index in [9.17, 15) is 23.1 Å². The highest BCUT2D eigenvalue weighted by Gasteiger charge is 2.35. The van der Waals surface area contributed by atoms with Crippen molar-refractivity contribution < 1.29 is 23.1 Å². The molecule has 3 rings (SSSR count). The van der Waals surface area contributed by atoms with Crippen LogP contribution in [-0.2, 0) is 16.6 Å². The van der Waals surface area contributed by atoms with Gasteiger partial charge in [-0.1, -0.05) is 19.9 Å². The summed E-state index contributed by atoms with van der Waals surface area (Å²) in [5, 5.41) is 12.4. The molecule has 0 bridgehead atoms. The lowest BCUT2D eigenvalue weighted by molar-refractivity contribution is 0.0941. The number of carbonyl (C=O) groups is 2. The van der Waals surface area contributed by atoms with Crippen molar-refractivity contribution in [3.63, 3.8) is 0 Å². The van der Waals surface area contributed by atoms with Gasteiger partial charge in [-0.3, -0.25) is 9.69 Å². The summed E-state index contributed by atoms with van der Waals surface area (Å²) >= 11 is 0. The summed E-state index contributed by atoms with van der Waals surface area (Å²) in [6, 6.07) is 5.21. The zero-order chi connectivity index (χ0) is 21.3. The third kappa shape index (κ3) is 4.72. The van der Waals surface area contributed by atoms with Crippen LogP contribution >= 0.6 is 0 Å². The summed E-state index contributed by atoms with van der Waals surface area (Å²) < 4.78 is 24.6. The van der Waals surface area contributed by atoms with E-state index in [2.05, 4.69) is 5.32 Å². The molecule has 0 aromatic heterocycles. The minimum atomic E-state index is -3.15. The number of fused-ring (bicyclic) bond motifs is 1. The minimum Gasteiger partial charge on any atom is -0.465 e. The molecule has 0 unspecified atom stereocenters. The number of rotatable bonds is 5. The van der Waals surface area contributed by atoms with Crippen molar-refractivity contribution in [3.05, 3.63) is 34.9 Å². The zero-order valence-corrected chi connectivity index (χ0v) is 17.9. The first-order chi connectivity index (χ1) is 13.6. The van der Waals surface area contributed by atoms with Crippen molar-refractivity contribution in [3.8, 4) is 0 Å². The van der Waals surface area contributed by atoms with Crippen LogP contribution in [0.5, 0.6) is 0 Å². The standard InChI is InChI=1S/C20H29N3O5S/c1-13(2)18-17-5-4-15(10-16(17)12-23(18)20(25)26)19(24)21-11-14-6-8-22(9-7-14)29(3,27)28/h4-5,10,13-14,18H,6-9,11-12H2,1-3H3,(H,21,24)(H,25,26)/t18-/m0/s1. The van der Waals surface area contributed by atoms with Crippen molar-refractivity contribution in [2.24, 2.45) is 11.8 Å². The third-order valence-electron chi connectivity index (χ3n) is 5.87. The van der Waals surface area contributed by atoms with Crippen LogP contribution < -0.4 is 5.32 Å². The molecule has 2 heterocycles. The second kappa shape index (κ2) is 8.31. The molecule has 160 valence electrons. The van der Waals surface area contributed by atoms with Gasteiger partial charge in [-0.25, -0.2) is 17.5 Å². The van der Waals surface area contributed by atoms with Crippen LogP contribution in [0.1, 0.15) is 54.2 Å². The fourth-order valence-corrected chi connectivity index (χ4v) is 5.19. The highest BCUT2D eigenvalue weighted by Crippen LogP contribution is 2.39. The van der Waals surface area contributed by atoms with Crippen LogP contribution in [0, 0.1) is 11.8 Å². The maximum absolute atomic E-state index is 12.6. The van der Waals surface area contributed by atoms with Gasteiger partial charge in [-0.05, 0) is 47.9 Å². The Labute approximate surface area is 171 Å². The highest BCUT2D eigenvalue weighted by atomic mass is 32.2. The van der Waals surface area contributed by atoms with Gasteiger partial charge in [0.15, 0.2) is 0 Å². The van der Waals surface area contributed by atoms with Crippen LogP contribution in [0.25, 0.3) is 0 Å². The molecule has 0 spiro atoms. The van der Waals surface area contributed by atoms with Gasteiger partial charge in [-0.15, -0.1) is 0 Å². The van der Waals surface area contributed by atoms with E-state index in [1.165, 1.54) is 15.5 Å². The molecule has 0 radical (unpaired) electrons. The number of carbonyl (C=O) groups excluding carboxylic acids is 1. The molecule has 8 nitrogen and oxygen atoms in total. The normalized spacial score (nSPS) is 20.7. The lowest BCUT2D eigenvalue weighted by Crippen LogP contribution is -2.41. The summed E-state index contributed by atoms with van der Waals surface area (Å²) in [6.45, 7) is 5.75. The molecule has 2 N–H and O–H groups in total. The summed E-state index contributed by atoms with van der Waals surface area (Å²) in [4.78, 5) is 25.6. The van der Waals surface area contributed by atoms with Crippen molar-refractivity contribution in [2.75, 3.05) is 25.9 Å². The number of benzene rings is 1. The number of piperidine rings is 1. The molecule has 2 aliphatic heterocycles. The molecule has 1 saturated heterocycles. The van der Waals surface area contributed by atoms with Crippen molar-refractivity contribution in [1.29, 1.82) is 0 Å². The Morgan fingerprint density at radius 2 is 1.90 bits per heavy atom. The largest absolute Gasteiger partial charge is 0.465 e. The second-order valence-corrected chi connectivity index (χ2v) is 10.3. The van der Waals surface area contributed by atoms with Gasteiger partial charge in [0.1, 0.15) is 0 Å². The van der Waals surface area contributed by atoms with E-state index in [-0.39, 0.29) is 23.8 Å². The molecule has 2 aliphatic rings. The first-order valence-corrected chi connectivity index (χ1v) is 11.8. The third-order valence-corrected chi connectivity index (χ3v) is 7.17. The first kappa shape index (κ1) is 21.6. The van der Waals surface area contributed by atoms with E-state index in [4.69, 9.17) is 0 Å². The Balaban J connectivity index is 1.61.